The van der Waals surface area contributed by atoms with Gasteiger partial charge in [0.25, 0.3) is 0 Å². The molecule has 2 aliphatic rings. The molecule has 2 aliphatic carbocycles. The van der Waals surface area contributed by atoms with E-state index in [2.05, 4.69) is 44.1 Å². The largest absolute Gasteiger partial charge is 0.393 e. The molecular formula is C23H35NO2. The second-order valence-corrected chi connectivity index (χ2v) is 8.71. The third-order valence-corrected chi connectivity index (χ3v) is 6.30. The molecule has 0 saturated heterocycles. The highest BCUT2D eigenvalue weighted by molar-refractivity contribution is 5.27. The van der Waals surface area contributed by atoms with Gasteiger partial charge in [0.2, 0.25) is 0 Å². The maximum Gasteiger partial charge on any atom is 0.0845 e. The van der Waals surface area contributed by atoms with Crippen LogP contribution in [-0.2, 0) is 0 Å². The van der Waals surface area contributed by atoms with Crippen LogP contribution in [0.15, 0.2) is 35.9 Å². The molecule has 3 heteroatoms. The Morgan fingerprint density at radius 1 is 1.19 bits per heavy atom. The van der Waals surface area contributed by atoms with E-state index in [1.54, 1.807) is 5.57 Å². The van der Waals surface area contributed by atoms with E-state index in [0.29, 0.717) is 11.8 Å². The predicted octanol–water partition coefficient (Wildman–Crippen LogP) is 4.09. The van der Waals surface area contributed by atoms with Gasteiger partial charge in [0, 0.05) is 5.92 Å². The number of aryl methyl sites for hydroxylation is 1. The Balaban J connectivity index is 1.56. The van der Waals surface area contributed by atoms with Crippen LogP contribution in [-0.4, -0.2) is 41.9 Å². The van der Waals surface area contributed by atoms with Crippen molar-refractivity contribution < 1.29 is 10.2 Å². The van der Waals surface area contributed by atoms with Gasteiger partial charge >= 0.3 is 0 Å². The summed E-state index contributed by atoms with van der Waals surface area (Å²) in [7, 11) is 4.26. The first-order valence-corrected chi connectivity index (χ1v) is 10.2. The zero-order chi connectivity index (χ0) is 18.7. The monoisotopic (exact) mass is 357 g/mol. The van der Waals surface area contributed by atoms with Crippen molar-refractivity contribution in [1.29, 1.82) is 0 Å². The lowest BCUT2D eigenvalue weighted by Gasteiger charge is -2.27. The highest BCUT2D eigenvalue weighted by Crippen LogP contribution is 2.51. The fraction of sp³-hybridized carbons (Fsp3) is 0.652. The summed E-state index contributed by atoms with van der Waals surface area (Å²) in [6.07, 6.45) is 8.32. The molecule has 0 heterocycles. The zero-order valence-electron chi connectivity index (χ0n) is 16.6. The zero-order valence-corrected chi connectivity index (χ0v) is 16.6. The summed E-state index contributed by atoms with van der Waals surface area (Å²) >= 11 is 0. The fourth-order valence-electron chi connectivity index (χ4n) is 5.00. The Labute approximate surface area is 158 Å². The van der Waals surface area contributed by atoms with Gasteiger partial charge in [-0.05, 0) is 77.1 Å². The van der Waals surface area contributed by atoms with Gasteiger partial charge in [0.15, 0.2) is 0 Å². The van der Waals surface area contributed by atoms with Gasteiger partial charge in [-0.15, -0.1) is 0 Å². The van der Waals surface area contributed by atoms with Crippen molar-refractivity contribution in [2.75, 3.05) is 20.6 Å². The van der Waals surface area contributed by atoms with Crippen molar-refractivity contribution >= 4 is 0 Å². The Morgan fingerprint density at radius 2 is 2.00 bits per heavy atom. The van der Waals surface area contributed by atoms with Crippen molar-refractivity contribution in [2.45, 2.75) is 57.7 Å². The average molecular weight is 358 g/mol. The van der Waals surface area contributed by atoms with Crippen LogP contribution >= 0.6 is 0 Å². The second kappa shape index (κ2) is 8.69. The molecule has 0 amide bonds. The van der Waals surface area contributed by atoms with Crippen LogP contribution in [0.2, 0.25) is 0 Å². The molecule has 0 unspecified atom stereocenters. The second-order valence-electron chi connectivity index (χ2n) is 8.71. The van der Waals surface area contributed by atoms with Crippen LogP contribution in [0.3, 0.4) is 0 Å². The number of rotatable bonds is 8. The molecule has 3 rings (SSSR count). The van der Waals surface area contributed by atoms with Crippen LogP contribution in [0.5, 0.6) is 0 Å². The standard InChI is InChI=1S/C23H35NO2/c1-16-8-7-10-18(12-16)23(26)22-20-14-17(13-19(20)15-21(22)25)9-5-4-6-11-24(2)3/h7-8,10,12-13,19-23,25-26H,4-6,9,11,14-15H2,1-3H3/t19-,20-,21+,22+,23-/m0/s1. The Bertz CT molecular complexity index is 624. The first kappa shape index (κ1) is 19.6. The third kappa shape index (κ3) is 4.57. The van der Waals surface area contributed by atoms with Gasteiger partial charge in [0.05, 0.1) is 12.2 Å². The highest BCUT2D eigenvalue weighted by atomic mass is 16.3. The summed E-state index contributed by atoms with van der Waals surface area (Å²) < 4.78 is 0. The summed E-state index contributed by atoms with van der Waals surface area (Å²) in [4.78, 5) is 2.25. The number of nitrogens with zero attached hydrogens (tertiary/aromatic N) is 1. The van der Waals surface area contributed by atoms with Crippen LogP contribution in [0, 0.1) is 24.7 Å². The first-order valence-electron chi connectivity index (χ1n) is 10.2. The molecule has 0 bridgehead atoms. The lowest BCUT2D eigenvalue weighted by atomic mass is 9.82. The van der Waals surface area contributed by atoms with Crippen LogP contribution in [0.25, 0.3) is 0 Å². The van der Waals surface area contributed by atoms with E-state index in [4.69, 9.17) is 0 Å². The molecule has 0 aliphatic heterocycles. The van der Waals surface area contributed by atoms with Gasteiger partial charge in [-0.1, -0.05) is 47.9 Å². The normalized spacial score (nSPS) is 29.1. The Kier molecular flexibility index (Phi) is 6.55. The summed E-state index contributed by atoms with van der Waals surface area (Å²) in [6, 6.07) is 8.10. The fourth-order valence-corrected chi connectivity index (χ4v) is 5.00. The van der Waals surface area contributed by atoms with Gasteiger partial charge in [-0.2, -0.15) is 0 Å². The van der Waals surface area contributed by atoms with E-state index in [1.165, 1.54) is 32.2 Å². The van der Waals surface area contributed by atoms with Crippen molar-refractivity contribution in [3.63, 3.8) is 0 Å². The van der Waals surface area contributed by atoms with Crippen molar-refractivity contribution in [3.05, 3.63) is 47.0 Å². The molecule has 5 atom stereocenters. The molecule has 1 fully saturated rings. The quantitative estimate of drug-likeness (QED) is 0.544. The first-order chi connectivity index (χ1) is 12.5. The lowest BCUT2D eigenvalue weighted by molar-refractivity contribution is 0.0109. The molecule has 1 aromatic rings. The maximum absolute atomic E-state index is 11.0. The summed E-state index contributed by atoms with van der Waals surface area (Å²) in [5.41, 5.74) is 3.67. The minimum atomic E-state index is -0.562. The predicted molar refractivity (Wildman–Crippen MR) is 107 cm³/mol. The smallest absolute Gasteiger partial charge is 0.0845 e. The van der Waals surface area contributed by atoms with Crippen LogP contribution in [0.1, 0.15) is 55.8 Å². The summed E-state index contributed by atoms with van der Waals surface area (Å²) in [5.74, 6) is 0.813. The lowest BCUT2D eigenvalue weighted by Crippen LogP contribution is -2.26. The number of benzene rings is 1. The summed E-state index contributed by atoms with van der Waals surface area (Å²) in [5, 5.41) is 21.5. The number of allylic oxidation sites excluding steroid dienone is 2. The minimum absolute atomic E-state index is 0.0377. The van der Waals surface area contributed by atoms with E-state index in [1.807, 2.05) is 12.1 Å². The van der Waals surface area contributed by atoms with Crippen LogP contribution < -0.4 is 0 Å². The third-order valence-electron chi connectivity index (χ3n) is 6.30. The van der Waals surface area contributed by atoms with E-state index >= 15 is 0 Å². The van der Waals surface area contributed by atoms with Crippen molar-refractivity contribution in [2.24, 2.45) is 17.8 Å². The Morgan fingerprint density at radius 3 is 2.73 bits per heavy atom. The van der Waals surface area contributed by atoms with Gasteiger partial charge < -0.3 is 15.1 Å². The number of hydrogen-bond acceptors (Lipinski definition) is 3. The molecule has 2 N–H and O–H groups in total. The van der Waals surface area contributed by atoms with Gasteiger partial charge in [-0.3, -0.25) is 0 Å². The minimum Gasteiger partial charge on any atom is -0.393 e. The van der Waals surface area contributed by atoms with Gasteiger partial charge in [0.1, 0.15) is 0 Å². The number of fused-ring (bicyclic) bond motifs is 1. The molecule has 26 heavy (non-hydrogen) atoms. The average Bonchev–Trinajstić information content (AvgIpc) is 3.09. The molecule has 0 aromatic heterocycles. The maximum atomic E-state index is 11.0. The number of aliphatic hydroxyl groups excluding tert-OH is 2. The molecule has 144 valence electrons. The molecule has 0 spiro atoms. The Hall–Kier alpha value is -1.16. The van der Waals surface area contributed by atoms with E-state index in [-0.39, 0.29) is 5.92 Å². The number of aliphatic hydroxyl groups is 2. The molecule has 1 saturated carbocycles. The highest BCUT2D eigenvalue weighted by Gasteiger charge is 2.47. The van der Waals surface area contributed by atoms with Gasteiger partial charge in [-0.25, -0.2) is 0 Å². The molecule has 1 aromatic carbocycles. The number of unbranched alkanes of at least 4 members (excludes halogenated alkanes) is 2. The molecular weight excluding hydrogens is 322 g/mol. The van der Waals surface area contributed by atoms with Crippen molar-refractivity contribution in [3.8, 4) is 0 Å². The topological polar surface area (TPSA) is 43.7 Å². The molecule has 3 nitrogen and oxygen atoms in total. The number of hydrogen-bond donors (Lipinski definition) is 2. The van der Waals surface area contributed by atoms with E-state index in [0.717, 1.165) is 24.0 Å². The van der Waals surface area contributed by atoms with Crippen LogP contribution in [0.4, 0.5) is 0 Å². The molecule has 0 radical (unpaired) electrons. The summed E-state index contributed by atoms with van der Waals surface area (Å²) in [6.45, 7) is 3.22. The van der Waals surface area contributed by atoms with E-state index in [9.17, 15) is 10.2 Å². The SMILES string of the molecule is Cc1cccc([C@H](O)[C@@H]2[C@H]3CC(CCCCCN(C)C)=C[C@H]3C[C@H]2O)c1. The van der Waals surface area contributed by atoms with E-state index < -0.39 is 12.2 Å². The van der Waals surface area contributed by atoms with Crippen molar-refractivity contribution in [1.82, 2.24) is 4.90 Å².